The molecule has 0 spiro atoms. The number of anilines is 1. The Hall–Kier alpha value is -3.89. The van der Waals surface area contributed by atoms with Crippen molar-refractivity contribution in [2.45, 2.75) is 110 Å². The highest BCUT2D eigenvalue weighted by atomic mass is 16.5. The summed E-state index contributed by atoms with van der Waals surface area (Å²) in [5.74, 6) is 2.21. The molecule has 1 atom stereocenters. The van der Waals surface area contributed by atoms with E-state index in [0.717, 1.165) is 53.4 Å². The van der Waals surface area contributed by atoms with Crippen molar-refractivity contribution < 1.29 is 19.8 Å². The quantitative estimate of drug-likeness (QED) is 0.159. The minimum atomic E-state index is -1.49. The third-order valence-corrected chi connectivity index (χ3v) is 11.4. The van der Waals surface area contributed by atoms with Crippen LogP contribution >= 0.6 is 0 Å². The van der Waals surface area contributed by atoms with E-state index in [9.17, 15) is 19.8 Å². The van der Waals surface area contributed by atoms with Crippen molar-refractivity contribution >= 4 is 23.1 Å². The van der Waals surface area contributed by atoms with E-state index in [0.29, 0.717) is 11.4 Å². The second-order valence-corrected chi connectivity index (χ2v) is 16.3. The topological polar surface area (TPSA) is 132 Å². The number of hydrogen-bond donors (Lipinski definition) is 3. The fraction of sp³-hybridized carbons (Fsp3) is 0.595. The van der Waals surface area contributed by atoms with Gasteiger partial charge in [-0.3, -0.25) is 14.6 Å². The van der Waals surface area contributed by atoms with Gasteiger partial charge in [0.1, 0.15) is 6.04 Å². The second kappa shape index (κ2) is 17.8. The zero-order valence-corrected chi connectivity index (χ0v) is 31.9. The maximum absolute atomic E-state index is 13.6. The Labute approximate surface area is 310 Å². The lowest BCUT2D eigenvalue weighted by atomic mass is 9.72. The number of likely N-dealkylation sites (tertiary alicyclic amines) is 1. The summed E-state index contributed by atoms with van der Waals surface area (Å²) in [5, 5.41) is 22.0. The van der Waals surface area contributed by atoms with E-state index in [1.165, 1.54) is 62.5 Å². The van der Waals surface area contributed by atoms with Crippen molar-refractivity contribution in [2.75, 3.05) is 31.1 Å². The number of hydrogen-bond acceptors (Lipinski definition) is 8. The van der Waals surface area contributed by atoms with Crippen LogP contribution in [0.15, 0.2) is 61.1 Å². The van der Waals surface area contributed by atoms with Crippen molar-refractivity contribution in [3.63, 3.8) is 0 Å². The Kier molecular flexibility index (Phi) is 13.4. The molecule has 3 fully saturated rings. The lowest BCUT2D eigenvalue weighted by Crippen LogP contribution is -2.59. The minimum absolute atomic E-state index is 0.162. The van der Waals surface area contributed by atoms with Crippen LogP contribution in [-0.4, -0.2) is 80.4 Å². The Morgan fingerprint density at radius 3 is 2.17 bits per heavy atom. The van der Waals surface area contributed by atoms with Crippen LogP contribution < -0.4 is 10.2 Å². The summed E-state index contributed by atoms with van der Waals surface area (Å²) in [4.78, 5) is 44.7. The molecular weight excluding hydrogens is 653 g/mol. The summed E-state index contributed by atoms with van der Waals surface area (Å²) in [6.45, 7) is 16.9. The van der Waals surface area contributed by atoms with Crippen LogP contribution in [0.3, 0.4) is 0 Å². The van der Waals surface area contributed by atoms with Gasteiger partial charge in [-0.15, -0.1) is 0 Å². The lowest BCUT2D eigenvalue weighted by Gasteiger charge is -2.41. The molecule has 5 rings (SSSR count). The third kappa shape index (κ3) is 10.2. The van der Waals surface area contributed by atoms with Crippen molar-refractivity contribution in [3.05, 3.63) is 78.2 Å². The SMILES string of the molecule is C=C/C(=C\C=C(/C)c1ncc(N2CCC([C@H]3CC[C@H](CCC)CC3)CC2)cn1)C[C@H](NC(=O)c1ccc(C(C)(C)C)nc1)C(=O)N1CC(C(O)O)C1. The normalized spacial score (nSPS) is 21.5. The Balaban J connectivity index is 1.20. The van der Waals surface area contributed by atoms with Crippen LogP contribution in [0.25, 0.3) is 5.57 Å². The van der Waals surface area contributed by atoms with Gasteiger partial charge in [0.2, 0.25) is 5.91 Å². The molecule has 4 heterocycles. The van der Waals surface area contributed by atoms with Crippen molar-refractivity contribution in [3.8, 4) is 0 Å². The fourth-order valence-corrected chi connectivity index (χ4v) is 7.95. The Morgan fingerprint density at radius 1 is 0.962 bits per heavy atom. The van der Waals surface area contributed by atoms with Gasteiger partial charge < -0.3 is 25.3 Å². The van der Waals surface area contributed by atoms with Crippen LogP contribution in [0.1, 0.15) is 114 Å². The molecule has 0 bridgehead atoms. The summed E-state index contributed by atoms with van der Waals surface area (Å²) in [7, 11) is 0. The number of carbonyl (C=O) groups is 2. The summed E-state index contributed by atoms with van der Waals surface area (Å²) in [6, 6.07) is 2.66. The predicted octanol–water partition coefficient (Wildman–Crippen LogP) is 6.47. The summed E-state index contributed by atoms with van der Waals surface area (Å²) >= 11 is 0. The van der Waals surface area contributed by atoms with Gasteiger partial charge in [-0.25, -0.2) is 9.97 Å². The molecule has 2 aromatic heterocycles. The monoisotopic (exact) mass is 712 g/mol. The minimum Gasteiger partial charge on any atom is -0.369 e. The van der Waals surface area contributed by atoms with Gasteiger partial charge in [0.25, 0.3) is 5.91 Å². The van der Waals surface area contributed by atoms with Gasteiger partial charge in [-0.1, -0.05) is 78.2 Å². The molecule has 282 valence electrons. The highest BCUT2D eigenvalue weighted by Gasteiger charge is 2.38. The van der Waals surface area contributed by atoms with E-state index in [4.69, 9.17) is 9.97 Å². The number of allylic oxidation sites excluding steroid dienone is 4. The smallest absolute Gasteiger partial charge is 0.253 e. The first-order valence-corrected chi connectivity index (χ1v) is 19.4. The summed E-state index contributed by atoms with van der Waals surface area (Å²) in [5.41, 5.74) is 3.72. The fourth-order valence-electron chi connectivity index (χ4n) is 7.95. The molecule has 3 N–H and O–H groups in total. The number of aliphatic hydroxyl groups excluding tert-OH is 1. The molecule has 1 saturated carbocycles. The Bertz CT molecular complexity index is 1560. The van der Waals surface area contributed by atoms with Gasteiger partial charge in [0.15, 0.2) is 12.1 Å². The molecule has 2 aromatic rings. The van der Waals surface area contributed by atoms with Gasteiger partial charge >= 0.3 is 0 Å². The number of nitrogens with one attached hydrogen (secondary N) is 1. The first kappa shape index (κ1) is 39.3. The highest BCUT2D eigenvalue weighted by molar-refractivity contribution is 5.97. The molecule has 1 aliphatic carbocycles. The molecule has 0 unspecified atom stereocenters. The third-order valence-electron chi connectivity index (χ3n) is 11.4. The Morgan fingerprint density at radius 2 is 1.62 bits per heavy atom. The number of amides is 2. The molecular formula is C42H60N6O4. The number of aromatic nitrogens is 3. The molecule has 10 nitrogen and oxygen atoms in total. The first-order valence-electron chi connectivity index (χ1n) is 19.4. The van der Waals surface area contributed by atoms with E-state index in [-0.39, 0.29) is 30.8 Å². The number of carbonyl (C=O) groups excluding carboxylic acids is 2. The molecule has 3 aliphatic rings. The largest absolute Gasteiger partial charge is 0.369 e. The number of piperidine rings is 1. The van der Waals surface area contributed by atoms with Crippen LogP contribution in [0.4, 0.5) is 5.69 Å². The van der Waals surface area contributed by atoms with E-state index < -0.39 is 24.2 Å². The maximum atomic E-state index is 13.6. The summed E-state index contributed by atoms with van der Waals surface area (Å²) < 4.78 is 0. The number of rotatable bonds is 13. The van der Waals surface area contributed by atoms with Gasteiger partial charge in [-0.2, -0.15) is 0 Å². The zero-order chi connectivity index (χ0) is 37.4. The van der Waals surface area contributed by atoms with E-state index in [1.807, 2.05) is 37.5 Å². The van der Waals surface area contributed by atoms with Crippen molar-refractivity contribution in [2.24, 2.45) is 23.7 Å². The molecule has 10 heteroatoms. The molecule has 0 radical (unpaired) electrons. The molecule has 2 amide bonds. The van der Waals surface area contributed by atoms with E-state index in [1.54, 1.807) is 12.1 Å². The number of pyridine rings is 1. The van der Waals surface area contributed by atoms with Gasteiger partial charge in [-0.05, 0) is 73.6 Å². The molecule has 52 heavy (non-hydrogen) atoms. The van der Waals surface area contributed by atoms with Gasteiger partial charge in [0.05, 0.1) is 23.6 Å². The second-order valence-electron chi connectivity index (χ2n) is 16.3. The molecule has 2 aliphatic heterocycles. The number of aliphatic hydroxyl groups is 2. The van der Waals surface area contributed by atoms with Crippen LogP contribution in [0.5, 0.6) is 0 Å². The van der Waals surface area contributed by atoms with Crippen LogP contribution in [-0.2, 0) is 10.2 Å². The molecule has 2 saturated heterocycles. The van der Waals surface area contributed by atoms with Crippen molar-refractivity contribution in [1.82, 2.24) is 25.2 Å². The predicted molar refractivity (Wildman–Crippen MR) is 206 cm³/mol. The van der Waals surface area contributed by atoms with Crippen LogP contribution in [0, 0.1) is 23.7 Å². The van der Waals surface area contributed by atoms with Crippen molar-refractivity contribution in [1.29, 1.82) is 0 Å². The lowest BCUT2D eigenvalue weighted by molar-refractivity contribution is -0.157. The van der Waals surface area contributed by atoms with E-state index >= 15 is 0 Å². The molecule has 0 aromatic carbocycles. The average Bonchev–Trinajstić information content (AvgIpc) is 3.12. The van der Waals surface area contributed by atoms with Crippen LogP contribution in [0.2, 0.25) is 0 Å². The number of nitrogens with zero attached hydrogens (tertiary/aromatic N) is 5. The van der Waals surface area contributed by atoms with Gasteiger partial charge in [0, 0.05) is 55.8 Å². The standard InChI is InChI=1S/C42H60N6O4/c1-7-9-30-12-14-31(15-13-30)32-18-20-47(21-19-32)35-24-44-38(45-25-35)28(3)10-11-29(8-2)22-36(40(50)48-26-34(27-48)41(51)52)46-39(49)33-16-17-37(43-23-33)42(4,5)6/h8,10-11,16-17,23-25,30-32,34,36,41,51-52H,2,7,9,12-15,18-22,26-27H2,1,3-6H3,(H,46,49)/b28-10+,29-11+/t30-,31-,36-/m0/s1. The van der Waals surface area contributed by atoms with E-state index in [2.05, 4.69) is 49.5 Å². The summed E-state index contributed by atoms with van der Waals surface area (Å²) in [6.07, 6.45) is 20.4. The first-order chi connectivity index (χ1) is 24.9. The highest BCUT2D eigenvalue weighted by Crippen LogP contribution is 2.39. The zero-order valence-electron chi connectivity index (χ0n) is 31.9. The maximum Gasteiger partial charge on any atom is 0.253 e. The average molecular weight is 713 g/mol.